The predicted molar refractivity (Wildman–Crippen MR) is 51.8 cm³/mol. The van der Waals surface area contributed by atoms with Crippen molar-refractivity contribution in [3.05, 3.63) is 0 Å². The summed E-state index contributed by atoms with van der Waals surface area (Å²) < 4.78 is 25.5. The first-order chi connectivity index (χ1) is 6.34. The van der Waals surface area contributed by atoms with E-state index in [4.69, 9.17) is 0 Å². The molecule has 1 saturated heterocycles. The molecule has 6 nitrogen and oxygen atoms in total. The molecule has 0 aromatic carbocycles. The van der Waals surface area contributed by atoms with Crippen molar-refractivity contribution >= 4 is 16.1 Å². The minimum absolute atomic E-state index is 0.0396. The molecular weight excluding hydrogens is 206 g/mol. The van der Waals surface area contributed by atoms with Gasteiger partial charge in [-0.2, -0.15) is 17.0 Å². The third-order valence-corrected chi connectivity index (χ3v) is 3.92. The molecule has 0 bridgehead atoms. The average molecular weight is 221 g/mol. The molecule has 0 saturated carbocycles. The minimum Gasteiger partial charge on any atom is -0.351 e. The Kier molecular flexibility index (Phi) is 3.13. The van der Waals surface area contributed by atoms with Gasteiger partial charge in [0.1, 0.15) is 0 Å². The molecule has 0 aromatic heterocycles. The van der Waals surface area contributed by atoms with Crippen LogP contribution < -0.4 is 5.32 Å². The Balaban J connectivity index is 2.45. The molecule has 1 N–H and O–H groups in total. The number of nitrogens with zero attached hydrogens (tertiary/aromatic N) is 2. The average Bonchev–Trinajstić information content (AvgIpc) is 1.94. The van der Waals surface area contributed by atoms with Crippen LogP contribution in [0.4, 0.5) is 0 Å². The molecule has 1 aliphatic rings. The number of nitrogens with one attached hydrogen (secondary N) is 1. The summed E-state index contributed by atoms with van der Waals surface area (Å²) in [6.07, 6.45) is 0. The number of rotatable bonds is 3. The van der Waals surface area contributed by atoms with E-state index in [1.54, 1.807) is 0 Å². The summed E-state index contributed by atoms with van der Waals surface area (Å²) in [5, 5.41) is 2.66. The van der Waals surface area contributed by atoms with Crippen molar-refractivity contribution in [2.24, 2.45) is 0 Å². The molecule has 1 fully saturated rings. The van der Waals surface area contributed by atoms with Crippen LogP contribution in [0.1, 0.15) is 6.92 Å². The fourth-order valence-corrected chi connectivity index (χ4v) is 2.43. The van der Waals surface area contributed by atoms with Crippen LogP contribution in [0.2, 0.25) is 0 Å². The van der Waals surface area contributed by atoms with Crippen LogP contribution >= 0.6 is 0 Å². The summed E-state index contributed by atoms with van der Waals surface area (Å²) in [6, 6.07) is -0.0396. The molecule has 1 aliphatic heterocycles. The molecule has 1 amide bonds. The number of hydrogen-bond acceptors (Lipinski definition) is 3. The minimum atomic E-state index is -3.29. The van der Waals surface area contributed by atoms with Crippen molar-refractivity contribution < 1.29 is 13.2 Å². The maximum atomic E-state index is 11.5. The largest absolute Gasteiger partial charge is 0.351 e. The van der Waals surface area contributed by atoms with E-state index in [0.29, 0.717) is 13.1 Å². The van der Waals surface area contributed by atoms with Gasteiger partial charge in [0.25, 0.3) is 10.2 Å². The van der Waals surface area contributed by atoms with Crippen molar-refractivity contribution in [2.75, 3.05) is 27.2 Å². The standard InChI is InChI=1S/C7H15N3O3S/c1-6(11)8-7-4-10(5-7)14(12,13)9(2)3/h7H,4-5H2,1-3H3,(H,8,11). The summed E-state index contributed by atoms with van der Waals surface area (Å²) in [7, 11) is -0.319. The number of carbonyl (C=O) groups is 1. The predicted octanol–water partition coefficient (Wildman–Crippen LogP) is -1.39. The summed E-state index contributed by atoms with van der Waals surface area (Å²) in [6.45, 7) is 2.14. The van der Waals surface area contributed by atoms with E-state index >= 15 is 0 Å². The monoisotopic (exact) mass is 221 g/mol. The van der Waals surface area contributed by atoms with Crippen LogP contribution in [0, 0.1) is 0 Å². The van der Waals surface area contributed by atoms with Gasteiger partial charge in [0.15, 0.2) is 0 Å². The third kappa shape index (κ3) is 2.23. The first-order valence-corrected chi connectivity index (χ1v) is 5.68. The van der Waals surface area contributed by atoms with Gasteiger partial charge in [0.05, 0.1) is 6.04 Å². The second-order valence-electron chi connectivity index (χ2n) is 3.50. The van der Waals surface area contributed by atoms with E-state index in [-0.39, 0.29) is 11.9 Å². The van der Waals surface area contributed by atoms with Gasteiger partial charge >= 0.3 is 0 Å². The fourth-order valence-electron chi connectivity index (χ4n) is 1.24. The molecule has 0 unspecified atom stereocenters. The smallest absolute Gasteiger partial charge is 0.281 e. The van der Waals surface area contributed by atoms with Crippen LogP contribution in [0.3, 0.4) is 0 Å². The van der Waals surface area contributed by atoms with Crippen LogP contribution in [0.15, 0.2) is 0 Å². The van der Waals surface area contributed by atoms with Gasteiger partial charge in [-0.05, 0) is 0 Å². The summed E-state index contributed by atoms with van der Waals surface area (Å²) in [5.74, 6) is -0.128. The van der Waals surface area contributed by atoms with E-state index in [1.165, 1.54) is 25.3 Å². The van der Waals surface area contributed by atoms with Crippen LogP contribution in [0.5, 0.6) is 0 Å². The highest BCUT2D eigenvalue weighted by Gasteiger charge is 2.37. The highest BCUT2D eigenvalue weighted by atomic mass is 32.2. The summed E-state index contributed by atoms with van der Waals surface area (Å²) in [4.78, 5) is 10.6. The molecule has 82 valence electrons. The van der Waals surface area contributed by atoms with Crippen LogP contribution in [0.25, 0.3) is 0 Å². The first-order valence-electron chi connectivity index (χ1n) is 4.28. The van der Waals surface area contributed by atoms with E-state index in [9.17, 15) is 13.2 Å². The van der Waals surface area contributed by atoms with Gasteiger partial charge < -0.3 is 5.32 Å². The summed E-state index contributed by atoms with van der Waals surface area (Å²) in [5.41, 5.74) is 0. The Morgan fingerprint density at radius 2 is 1.93 bits per heavy atom. The van der Waals surface area contributed by atoms with Gasteiger partial charge in [-0.3, -0.25) is 4.79 Å². The lowest BCUT2D eigenvalue weighted by molar-refractivity contribution is -0.120. The fraction of sp³-hybridized carbons (Fsp3) is 0.857. The normalized spacial score (nSPS) is 19.4. The molecular formula is C7H15N3O3S. The number of hydrogen-bond donors (Lipinski definition) is 1. The van der Waals surface area contributed by atoms with Gasteiger partial charge in [0.2, 0.25) is 5.91 Å². The molecule has 1 rings (SSSR count). The molecule has 0 aromatic rings. The molecule has 0 aliphatic carbocycles. The lowest BCUT2D eigenvalue weighted by Gasteiger charge is -2.39. The van der Waals surface area contributed by atoms with Crippen molar-refractivity contribution in [3.63, 3.8) is 0 Å². The Labute approximate surface area is 84.1 Å². The zero-order chi connectivity index (χ0) is 10.9. The quantitative estimate of drug-likeness (QED) is 0.638. The van der Waals surface area contributed by atoms with Gasteiger partial charge in [-0.15, -0.1) is 0 Å². The van der Waals surface area contributed by atoms with Crippen molar-refractivity contribution in [3.8, 4) is 0 Å². The van der Waals surface area contributed by atoms with E-state index in [2.05, 4.69) is 5.32 Å². The molecule has 0 radical (unpaired) electrons. The molecule has 0 atom stereocenters. The van der Waals surface area contributed by atoms with Crippen molar-refractivity contribution in [2.45, 2.75) is 13.0 Å². The highest BCUT2D eigenvalue weighted by Crippen LogP contribution is 2.14. The lowest BCUT2D eigenvalue weighted by Crippen LogP contribution is -2.62. The Hall–Kier alpha value is -0.660. The van der Waals surface area contributed by atoms with Gasteiger partial charge in [-0.1, -0.05) is 0 Å². The first kappa shape index (κ1) is 11.4. The maximum Gasteiger partial charge on any atom is 0.281 e. The maximum absolute atomic E-state index is 11.5. The zero-order valence-corrected chi connectivity index (χ0v) is 9.34. The SMILES string of the molecule is CC(=O)NC1CN(S(=O)(=O)N(C)C)C1. The second kappa shape index (κ2) is 3.84. The molecule has 7 heteroatoms. The Morgan fingerprint density at radius 3 is 2.29 bits per heavy atom. The van der Waals surface area contributed by atoms with Gasteiger partial charge in [0, 0.05) is 34.1 Å². The zero-order valence-electron chi connectivity index (χ0n) is 8.52. The summed E-state index contributed by atoms with van der Waals surface area (Å²) >= 11 is 0. The lowest BCUT2D eigenvalue weighted by atomic mass is 10.2. The molecule has 14 heavy (non-hydrogen) atoms. The van der Waals surface area contributed by atoms with Crippen LogP contribution in [-0.4, -0.2) is 56.2 Å². The van der Waals surface area contributed by atoms with Crippen LogP contribution in [-0.2, 0) is 15.0 Å². The molecule has 1 heterocycles. The van der Waals surface area contributed by atoms with E-state index in [1.807, 2.05) is 0 Å². The van der Waals surface area contributed by atoms with E-state index in [0.717, 1.165) is 4.31 Å². The van der Waals surface area contributed by atoms with Crippen molar-refractivity contribution in [1.29, 1.82) is 0 Å². The second-order valence-corrected chi connectivity index (χ2v) is 5.65. The number of amides is 1. The molecule has 0 spiro atoms. The number of carbonyl (C=O) groups excluding carboxylic acids is 1. The van der Waals surface area contributed by atoms with Crippen molar-refractivity contribution in [1.82, 2.24) is 13.9 Å². The van der Waals surface area contributed by atoms with Gasteiger partial charge in [-0.25, -0.2) is 0 Å². The Morgan fingerprint density at radius 1 is 1.43 bits per heavy atom. The highest BCUT2D eigenvalue weighted by molar-refractivity contribution is 7.86. The Bertz CT molecular complexity index is 319. The third-order valence-electron chi connectivity index (χ3n) is 2.04. The van der Waals surface area contributed by atoms with E-state index < -0.39 is 10.2 Å². The topological polar surface area (TPSA) is 69.7 Å².